The molecule has 0 aliphatic carbocycles. The Bertz CT molecular complexity index is 865. The molecule has 1 aromatic carbocycles. The second kappa shape index (κ2) is 8.37. The molecular formula is C21H27N5O2. The van der Waals surface area contributed by atoms with Crippen LogP contribution in [0.5, 0.6) is 0 Å². The number of hydrogen-bond acceptors (Lipinski definition) is 5. The van der Waals surface area contributed by atoms with Gasteiger partial charge in [0.15, 0.2) is 0 Å². The van der Waals surface area contributed by atoms with E-state index in [9.17, 15) is 9.59 Å². The molecule has 1 aliphatic heterocycles. The van der Waals surface area contributed by atoms with Gasteiger partial charge in [0, 0.05) is 32.6 Å². The normalized spacial score (nSPS) is 14.2. The van der Waals surface area contributed by atoms with Crippen molar-refractivity contribution in [2.45, 2.75) is 32.7 Å². The summed E-state index contributed by atoms with van der Waals surface area (Å²) < 4.78 is 0. The van der Waals surface area contributed by atoms with Crippen molar-refractivity contribution in [3.05, 3.63) is 53.0 Å². The van der Waals surface area contributed by atoms with Gasteiger partial charge in [-0.15, -0.1) is 0 Å². The van der Waals surface area contributed by atoms with Gasteiger partial charge in [-0.05, 0) is 17.9 Å². The van der Waals surface area contributed by atoms with Crippen LogP contribution >= 0.6 is 0 Å². The Morgan fingerprint density at radius 2 is 1.93 bits per heavy atom. The van der Waals surface area contributed by atoms with Gasteiger partial charge in [-0.2, -0.15) is 0 Å². The van der Waals surface area contributed by atoms with Gasteiger partial charge in [0.25, 0.3) is 5.91 Å². The second-order valence-electron chi connectivity index (χ2n) is 7.64. The van der Waals surface area contributed by atoms with Gasteiger partial charge in [-0.25, -0.2) is 9.97 Å². The van der Waals surface area contributed by atoms with Crippen LogP contribution in [-0.4, -0.2) is 47.3 Å². The largest absolute Gasteiger partial charge is 0.354 e. The number of benzene rings is 1. The molecule has 1 aliphatic rings. The Kier molecular flexibility index (Phi) is 5.92. The van der Waals surface area contributed by atoms with Gasteiger partial charge >= 0.3 is 0 Å². The highest BCUT2D eigenvalue weighted by Gasteiger charge is 2.28. The first kappa shape index (κ1) is 19.8. The minimum absolute atomic E-state index is 0.0794. The van der Waals surface area contributed by atoms with Gasteiger partial charge in [-0.1, -0.05) is 44.2 Å². The molecule has 7 heteroatoms. The Labute approximate surface area is 165 Å². The molecule has 3 rings (SSSR count). The molecule has 0 spiro atoms. The van der Waals surface area contributed by atoms with E-state index in [2.05, 4.69) is 29.5 Å². The van der Waals surface area contributed by atoms with Gasteiger partial charge in [0.2, 0.25) is 5.91 Å². The van der Waals surface area contributed by atoms with E-state index in [4.69, 9.17) is 4.98 Å². The first-order chi connectivity index (χ1) is 13.4. The fourth-order valence-corrected chi connectivity index (χ4v) is 3.24. The smallest absolute Gasteiger partial charge is 0.270 e. The molecule has 2 amide bonds. The van der Waals surface area contributed by atoms with Crippen molar-refractivity contribution >= 4 is 17.6 Å². The lowest BCUT2D eigenvalue weighted by Gasteiger charge is -2.26. The van der Waals surface area contributed by atoms with Crippen molar-refractivity contribution in [2.24, 2.45) is 5.92 Å². The van der Waals surface area contributed by atoms with Crippen molar-refractivity contribution in [2.75, 3.05) is 26.0 Å². The molecule has 0 saturated heterocycles. The number of hydrogen-bond donors (Lipinski definition) is 2. The lowest BCUT2D eigenvalue weighted by molar-refractivity contribution is -0.129. The third kappa shape index (κ3) is 4.30. The molecule has 148 valence electrons. The number of rotatable bonds is 6. The number of amides is 2. The summed E-state index contributed by atoms with van der Waals surface area (Å²) >= 11 is 0. The minimum atomic E-state index is -0.591. The fourth-order valence-electron chi connectivity index (χ4n) is 3.24. The highest BCUT2D eigenvalue weighted by atomic mass is 16.2. The van der Waals surface area contributed by atoms with Crippen LogP contribution in [0.2, 0.25) is 0 Å². The third-order valence-electron chi connectivity index (χ3n) is 4.62. The summed E-state index contributed by atoms with van der Waals surface area (Å²) in [7, 11) is 3.46. The van der Waals surface area contributed by atoms with Crippen LogP contribution < -0.4 is 10.6 Å². The van der Waals surface area contributed by atoms with Crippen LogP contribution in [0.25, 0.3) is 0 Å². The van der Waals surface area contributed by atoms with Crippen LogP contribution in [0.1, 0.15) is 47.3 Å². The molecule has 0 radical (unpaired) electrons. The molecule has 0 bridgehead atoms. The third-order valence-corrected chi connectivity index (χ3v) is 4.62. The fraction of sp³-hybridized carbons (Fsp3) is 0.429. The van der Waals surface area contributed by atoms with Gasteiger partial charge in [-0.3, -0.25) is 9.59 Å². The van der Waals surface area contributed by atoms with Gasteiger partial charge in [0.05, 0.1) is 0 Å². The van der Waals surface area contributed by atoms with Crippen molar-refractivity contribution < 1.29 is 9.59 Å². The molecule has 1 atom stereocenters. The standard InChI is InChI=1S/C21H27N5O2/c1-13(2)12-16-23-18-15(10-11-22-20(18)27)19(24-16)25-17(21(28)26(3)4)14-8-6-5-7-9-14/h5-9,13,17H,10-12H2,1-4H3,(H,22,27)(H,23,24,25). The number of anilines is 1. The van der Waals surface area contributed by atoms with Crippen molar-refractivity contribution in [1.29, 1.82) is 0 Å². The molecule has 7 nitrogen and oxygen atoms in total. The molecule has 0 saturated carbocycles. The van der Waals surface area contributed by atoms with Crippen LogP contribution in [0.15, 0.2) is 30.3 Å². The van der Waals surface area contributed by atoms with E-state index in [1.54, 1.807) is 19.0 Å². The summed E-state index contributed by atoms with van der Waals surface area (Å²) in [6.45, 7) is 4.70. The Balaban J connectivity index is 2.06. The number of carbonyl (C=O) groups is 2. The van der Waals surface area contributed by atoms with Crippen molar-refractivity contribution in [1.82, 2.24) is 20.2 Å². The molecule has 2 aromatic rings. The Morgan fingerprint density at radius 1 is 1.21 bits per heavy atom. The maximum atomic E-state index is 12.9. The molecule has 1 unspecified atom stereocenters. The predicted octanol–water partition coefficient (Wildman–Crippen LogP) is 2.20. The number of likely N-dealkylation sites (N-methyl/N-ethyl adjacent to an activating group) is 1. The highest BCUT2D eigenvalue weighted by Crippen LogP contribution is 2.26. The average molecular weight is 381 g/mol. The summed E-state index contributed by atoms with van der Waals surface area (Å²) in [5, 5.41) is 6.16. The molecule has 0 fully saturated rings. The van der Waals surface area contributed by atoms with Crippen LogP contribution in [-0.2, 0) is 17.6 Å². The zero-order valence-corrected chi connectivity index (χ0v) is 16.8. The average Bonchev–Trinajstić information content (AvgIpc) is 2.66. The first-order valence-corrected chi connectivity index (χ1v) is 9.57. The maximum absolute atomic E-state index is 12.9. The summed E-state index contributed by atoms with van der Waals surface area (Å²) in [5.41, 5.74) is 2.02. The molecule has 28 heavy (non-hydrogen) atoms. The summed E-state index contributed by atoms with van der Waals surface area (Å²) in [6, 6.07) is 8.95. The van der Waals surface area contributed by atoms with E-state index in [0.29, 0.717) is 42.6 Å². The topological polar surface area (TPSA) is 87.2 Å². The summed E-state index contributed by atoms with van der Waals surface area (Å²) in [4.78, 5) is 36.0. The minimum Gasteiger partial charge on any atom is -0.354 e. The van der Waals surface area contributed by atoms with Crippen LogP contribution in [0.4, 0.5) is 5.82 Å². The molecule has 2 heterocycles. The highest BCUT2D eigenvalue weighted by molar-refractivity contribution is 5.96. The van der Waals surface area contributed by atoms with E-state index in [0.717, 1.165) is 11.1 Å². The Hall–Kier alpha value is -2.96. The van der Waals surface area contributed by atoms with Crippen molar-refractivity contribution in [3.63, 3.8) is 0 Å². The van der Waals surface area contributed by atoms with E-state index >= 15 is 0 Å². The zero-order valence-electron chi connectivity index (χ0n) is 16.8. The molecular weight excluding hydrogens is 354 g/mol. The van der Waals surface area contributed by atoms with E-state index in [1.807, 2.05) is 30.3 Å². The quantitative estimate of drug-likeness (QED) is 0.801. The molecule has 2 N–H and O–H groups in total. The SMILES string of the molecule is CC(C)Cc1nc(NC(C(=O)N(C)C)c2ccccc2)c2c(n1)C(=O)NCC2. The van der Waals surface area contributed by atoms with Crippen molar-refractivity contribution in [3.8, 4) is 0 Å². The van der Waals surface area contributed by atoms with E-state index in [-0.39, 0.29) is 11.8 Å². The number of carbonyl (C=O) groups excluding carboxylic acids is 2. The van der Waals surface area contributed by atoms with Gasteiger partial charge in [0.1, 0.15) is 23.4 Å². The monoisotopic (exact) mass is 381 g/mol. The number of aromatic nitrogens is 2. The predicted molar refractivity (Wildman–Crippen MR) is 108 cm³/mol. The summed E-state index contributed by atoms with van der Waals surface area (Å²) in [5.74, 6) is 1.26. The summed E-state index contributed by atoms with van der Waals surface area (Å²) in [6.07, 6.45) is 1.29. The van der Waals surface area contributed by atoms with Crippen LogP contribution in [0.3, 0.4) is 0 Å². The number of nitrogens with zero attached hydrogens (tertiary/aromatic N) is 3. The van der Waals surface area contributed by atoms with Gasteiger partial charge < -0.3 is 15.5 Å². The van der Waals surface area contributed by atoms with Crippen LogP contribution in [0, 0.1) is 5.92 Å². The molecule has 1 aromatic heterocycles. The zero-order chi connectivity index (χ0) is 20.3. The number of fused-ring (bicyclic) bond motifs is 1. The van der Waals surface area contributed by atoms with E-state index < -0.39 is 6.04 Å². The lowest BCUT2D eigenvalue weighted by atomic mass is 10.0. The Morgan fingerprint density at radius 3 is 2.57 bits per heavy atom. The second-order valence-corrected chi connectivity index (χ2v) is 7.64. The first-order valence-electron chi connectivity index (χ1n) is 9.57. The van der Waals surface area contributed by atoms with E-state index in [1.165, 1.54) is 0 Å². The maximum Gasteiger partial charge on any atom is 0.270 e. The number of nitrogens with one attached hydrogen (secondary N) is 2. The lowest BCUT2D eigenvalue weighted by Crippen LogP contribution is -2.36.